The molecule has 5 nitrogen and oxygen atoms in total. The molecule has 3 rings (SSSR count). The van der Waals surface area contributed by atoms with Gasteiger partial charge in [0.1, 0.15) is 0 Å². The minimum absolute atomic E-state index is 0.0137. The second kappa shape index (κ2) is 10.5. The fourth-order valence-corrected chi connectivity index (χ4v) is 4.20. The van der Waals surface area contributed by atoms with Crippen LogP contribution < -0.4 is 11.2 Å². The number of hydrazine groups is 1. The first kappa shape index (κ1) is 21.5. The molecule has 158 valence electrons. The molecule has 0 spiro atoms. The van der Waals surface area contributed by atoms with Gasteiger partial charge in [0, 0.05) is 30.4 Å². The molecule has 0 bridgehead atoms. The Labute approximate surface area is 174 Å². The second-order valence-electron chi connectivity index (χ2n) is 8.12. The predicted octanol–water partition coefficient (Wildman–Crippen LogP) is 4.17. The van der Waals surface area contributed by atoms with Crippen molar-refractivity contribution in [3.63, 3.8) is 0 Å². The average Bonchev–Trinajstić information content (AvgIpc) is 2.73. The van der Waals surface area contributed by atoms with Crippen LogP contribution in [0.4, 0.5) is 5.69 Å². The normalized spacial score (nSPS) is 16.1. The van der Waals surface area contributed by atoms with Crippen LogP contribution in [0.2, 0.25) is 0 Å². The van der Waals surface area contributed by atoms with Crippen molar-refractivity contribution in [1.29, 1.82) is 0 Å². The lowest BCUT2D eigenvalue weighted by atomic mass is 9.87. The van der Waals surface area contributed by atoms with Gasteiger partial charge in [-0.3, -0.25) is 5.43 Å². The van der Waals surface area contributed by atoms with E-state index < -0.39 is 0 Å². The van der Waals surface area contributed by atoms with E-state index in [-0.39, 0.29) is 11.5 Å². The Bertz CT molecular complexity index is 776. The molecule has 0 saturated heterocycles. The van der Waals surface area contributed by atoms with Crippen molar-refractivity contribution in [3.05, 3.63) is 53.1 Å². The van der Waals surface area contributed by atoms with Crippen molar-refractivity contribution in [2.75, 3.05) is 18.8 Å². The number of anilines is 1. The number of unbranched alkanes of at least 4 members (excludes halogenated alkanes) is 3. The maximum atomic E-state index is 10.2. The first-order valence-electron chi connectivity index (χ1n) is 11.0. The molecule has 0 amide bonds. The molecule has 0 aliphatic heterocycles. The van der Waals surface area contributed by atoms with Crippen molar-refractivity contribution in [1.82, 2.24) is 10.4 Å². The van der Waals surface area contributed by atoms with Gasteiger partial charge in [-0.15, -0.1) is 0 Å². The minimum atomic E-state index is -0.0137. The zero-order valence-corrected chi connectivity index (χ0v) is 17.5. The molecule has 1 unspecified atom stereocenters. The summed E-state index contributed by atoms with van der Waals surface area (Å²) in [5.74, 6) is 0.0481. The Hall–Kier alpha value is -2.24. The maximum absolute atomic E-state index is 10.2. The lowest BCUT2D eigenvalue weighted by Gasteiger charge is -2.36. The third-order valence-electron chi connectivity index (χ3n) is 5.94. The standard InChI is InChI=1S/C24H35N3O2/c1-2-3-4-5-16-27(26-15-14-18-6-9-20(25)10-7-18)21-11-12-22-19(17-21)8-13-23(28)24(22)29/h6-10,13,21,26,28-29H,2-5,11-12,14-17,25H2,1H3. The van der Waals surface area contributed by atoms with Gasteiger partial charge in [0.15, 0.2) is 11.5 Å². The number of fused-ring (bicyclic) bond motifs is 1. The number of nitrogens with two attached hydrogens (primary N) is 1. The first-order chi connectivity index (χ1) is 14.1. The summed E-state index contributed by atoms with van der Waals surface area (Å²) in [7, 11) is 0. The molecule has 1 aliphatic carbocycles. The van der Waals surface area contributed by atoms with Crippen LogP contribution in [0.25, 0.3) is 0 Å². The van der Waals surface area contributed by atoms with Crippen molar-refractivity contribution < 1.29 is 10.2 Å². The molecular weight excluding hydrogens is 362 g/mol. The molecule has 2 aromatic rings. The zero-order valence-electron chi connectivity index (χ0n) is 17.5. The minimum Gasteiger partial charge on any atom is -0.504 e. The van der Waals surface area contributed by atoms with Crippen LogP contribution in [0, 0.1) is 0 Å². The van der Waals surface area contributed by atoms with E-state index in [0.717, 1.165) is 55.6 Å². The molecule has 1 atom stereocenters. The Morgan fingerprint density at radius 1 is 1.07 bits per heavy atom. The Morgan fingerprint density at radius 2 is 1.86 bits per heavy atom. The highest BCUT2D eigenvalue weighted by Crippen LogP contribution is 2.36. The lowest BCUT2D eigenvalue weighted by Crippen LogP contribution is -2.49. The molecule has 0 saturated carbocycles. The van der Waals surface area contributed by atoms with Crippen LogP contribution >= 0.6 is 0 Å². The van der Waals surface area contributed by atoms with E-state index in [1.54, 1.807) is 6.07 Å². The quantitative estimate of drug-likeness (QED) is 0.209. The van der Waals surface area contributed by atoms with Gasteiger partial charge >= 0.3 is 0 Å². The lowest BCUT2D eigenvalue weighted by molar-refractivity contribution is 0.109. The summed E-state index contributed by atoms with van der Waals surface area (Å²) in [6, 6.07) is 12.1. The summed E-state index contributed by atoms with van der Waals surface area (Å²) in [6.07, 6.45) is 8.59. The highest BCUT2D eigenvalue weighted by Gasteiger charge is 2.26. The van der Waals surface area contributed by atoms with Crippen molar-refractivity contribution >= 4 is 5.69 Å². The van der Waals surface area contributed by atoms with E-state index in [9.17, 15) is 10.2 Å². The summed E-state index contributed by atoms with van der Waals surface area (Å²) in [5.41, 5.74) is 13.6. The molecule has 5 heteroatoms. The number of hydrogen-bond donors (Lipinski definition) is 4. The summed E-state index contributed by atoms with van der Waals surface area (Å²) >= 11 is 0. The average molecular weight is 398 g/mol. The molecule has 29 heavy (non-hydrogen) atoms. The summed E-state index contributed by atoms with van der Waals surface area (Å²) in [4.78, 5) is 0. The van der Waals surface area contributed by atoms with E-state index >= 15 is 0 Å². The number of hydrogen-bond acceptors (Lipinski definition) is 5. The topological polar surface area (TPSA) is 81.8 Å². The van der Waals surface area contributed by atoms with E-state index in [1.807, 2.05) is 18.2 Å². The number of nitrogens with zero attached hydrogens (tertiary/aromatic N) is 1. The number of nitrogens with one attached hydrogen (secondary N) is 1. The first-order valence-corrected chi connectivity index (χ1v) is 11.0. The number of aromatic hydroxyl groups is 2. The predicted molar refractivity (Wildman–Crippen MR) is 119 cm³/mol. The third-order valence-corrected chi connectivity index (χ3v) is 5.94. The van der Waals surface area contributed by atoms with Gasteiger partial charge in [0.2, 0.25) is 0 Å². The van der Waals surface area contributed by atoms with Gasteiger partial charge in [-0.05, 0) is 61.4 Å². The van der Waals surface area contributed by atoms with E-state index in [0.29, 0.717) is 6.04 Å². The largest absolute Gasteiger partial charge is 0.504 e. The molecule has 0 heterocycles. The molecule has 1 aliphatic rings. The van der Waals surface area contributed by atoms with Gasteiger partial charge < -0.3 is 15.9 Å². The summed E-state index contributed by atoms with van der Waals surface area (Å²) in [6.45, 7) is 4.16. The Morgan fingerprint density at radius 3 is 2.62 bits per heavy atom. The fraction of sp³-hybridized carbons (Fsp3) is 0.500. The third kappa shape index (κ3) is 5.87. The summed E-state index contributed by atoms with van der Waals surface area (Å²) in [5, 5.41) is 22.4. The van der Waals surface area contributed by atoms with Gasteiger partial charge in [0.05, 0.1) is 0 Å². The van der Waals surface area contributed by atoms with Crippen LogP contribution in [0.15, 0.2) is 36.4 Å². The van der Waals surface area contributed by atoms with Gasteiger partial charge in [-0.1, -0.05) is 44.4 Å². The van der Waals surface area contributed by atoms with Gasteiger partial charge in [0.25, 0.3) is 0 Å². The number of rotatable bonds is 10. The Kier molecular flexibility index (Phi) is 7.78. The fourth-order valence-electron chi connectivity index (χ4n) is 4.20. The Balaban J connectivity index is 1.61. The number of phenols is 2. The monoisotopic (exact) mass is 397 g/mol. The molecule has 5 N–H and O–H groups in total. The smallest absolute Gasteiger partial charge is 0.160 e. The number of phenolic OH excluding ortho intramolecular Hbond substituents is 2. The molecule has 2 aromatic carbocycles. The van der Waals surface area contributed by atoms with Crippen molar-refractivity contribution in [2.45, 2.75) is 64.3 Å². The number of benzene rings is 2. The van der Waals surface area contributed by atoms with Crippen molar-refractivity contribution in [3.8, 4) is 11.5 Å². The molecule has 0 radical (unpaired) electrons. The van der Waals surface area contributed by atoms with Crippen LogP contribution in [0.3, 0.4) is 0 Å². The highest BCUT2D eigenvalue weighted by atomic mass is 16.3. The summed E-state index contributed by atoms with van der Waals surface area (Å²) < 4.78 is 0. The molecule has 0 fully saturated rings. The highest BCUT2D eigenvalue weighted by molar-refractivity contribution is 5.50. The second-order valence-corrected chi connectivity index (χ2v) is 8.12. The van der Waals surface area contributed by atoms with E-state index in [1.165, 1.54) is 31.2 Å². The van der Waals surface area contributed by atoms with E-state index in [4.69, 9.17) is 5.73 Å². The van der Waals surface area contributed by atoms with Gasteiger partial charge in [-0.25, -0.2) is 5.01 Å². The SMILES string of the molecule is CCCCCCN(NCCc1ccc(N)cc1)C1CCc2c(ccc(O)c2O)C1. The zero-order chi connectivity index (χ0) is 20.6. The molecule has 0 aromatic heterocycles. The maximum Gasteiger partial charge on any atom is 0.160 e. The van der Waals surface area contributed by atoms with Crippen LogP contribution in [-0.2, 0) is 19.3 Å². The molecular formula is C24H35N3O2. The van der Waals surface area contributed by atoms with Crippen molar-refractivity contribution in [2.24, 2.45) is 0 Å². The van der Waals surface area contributed by atoms with Crippen LogP contribution in [0.5, 0.6) is 11.5 Å². The number of nitrogen functional groups attached to an aromatic ring is 1. The van der Waals surface area contributed by atoms with E-state index in [2.05, 4.69) is 29.5 Å². The van der Waals surface area contributed by atoms with Gasteiger partial charge in [-0.2, -0.15) is 0 Å². The van der Waals surface area contributed by atoms with Crippen LogP contribution in [0.1, 0.15) is 55.7 Å². The van der Waals surface area contributed by atoms with Crippen LogP contribution in [-0.4, -0.2) is 34.4 Å².